The van der Waals surface area contributed by atoms with Gasteiger partial charge >= 0.3 is 5.97 Å². The Bertz CT molecular complexity index is 799. The molecule has 3 rings (SSSR count). The van der Waals surface area contributed by atoms with Crippen LogP contribution >= 0.6 is 0 Å². The molecule has 1 aliphatic carbocycles. The number of ether oxygens (including phenoxy) is 2. The van der Waals surface area contributed by atoms with E-state index in [0.29, 0.717) is 18.9 Å². The molecule has 0 aromatic heterocycles. The van der Waals surface area contributed by atoms with Crippen molar-refractivity contribution in [3.8, 4) is 5.75 Å². The van der Waals surface area contributed by atoms with Gasteiger partial charge in [0.15, 0.2) is 0 Å². The SMILES string of the molecule is CCCCCCCCCCCC(=O)O[C@H]1CCCC[C@@H]1c1ccc(OCc2ccccc2)cc1. The number of hydrogen-bond donors (Lipinski definition) is 0. The average molecular weight is 465 g/mol. The molecule has 1 aliphatic rings. The van der Waals surface area contributed by atoms with E-state index in [1.165, 1.54) is 56.9 Å². The molecular formula is C31H44O3. The Morgan fingerprint density at radius 3 is 2.15 bits per heavy atom. The molecule has 3 nitrogen and oxygen atoms in total. The van der Waals surface area contributed by atoms with E-state index >= 15 is 0 Å². The number of benzene rings is 2. The van der Waals surface area contributed by atoms with E-state index in [1.54, 1.807) is 0 Å². The molecule has 0 heterocycles. The summed E-state index contributed by atoms with van der Waals surface area (Å²) in [6, 6.07) is 18.6. The van der Waals surface area contributed by atoms with Gasteiger partial charge in [-0.15, -0.1) is 0 Å². The van der Waals surface area contributed by atoms with Crippen molar-refractivity contribution in [3.63, 3.8) is 0 Å². The zero-order valence-corrected chi connectivity index (χ0v) is 21.2. The molecule has 0 amide bonds. The Kier molecular flexibility index (Phi) is 12.1. The molecular weight excluding hydrogens is 420 g/mol. The van der Waals surface area contributed by atoms with Gasteiger partial charge in [0.25, 0.3) is 0 Å². The highest BCUT2D eigenvalue weighted by atomic mass is 16.5. The van der Waals surface area contributed by atoms with Crippen LogP contribution in [-0.2, 0) is 16.1 Å². The van der Waals surface area contributed by atoms with Crippen LogP contribution in [0.2, 0.25) is 0 Å². The summed E-state index contributed by atoms with van der Waals surface area (Å²) in [7, 11) is 0. The van der Waals surface area contributed by atoms with Crippen molar-refractivity contribution in [2.45, 2.75) is 115 Å². The van der Waals surface area contributed by atoms with Crippen molar-refractivity contribution >= 4 is 5.97 Å². The molecule has 1 saturated carbocycles. The maximum atomic E-state index is 12.5. The quantitative estimate of drug-likeness (QED) is 0.195. The van der Waals surface area contributed by atoms with Crippen LogP contribution in [0.4, 0.5) is 0 Å². The molecule has 1 fully saturated rings. The minimum Gasteiger partial charge on any atom is -0.489 e. The molecule has 186 valence electrons. The summed E-state index contributed by atoms with van der Waals surface area (Å²) in [5.41, 5.74) is 2.42. The average Bonchev–Trinajstić information content (AvgIpc) is 2.88. The fraction of sp³-hybridized carbons (Fsp3) is 0.581. The highest BCUT2D eigenvalue weighted by Crippen LogP contribution is 2.36. The van der Waals surface area contributed by atoms with Gasteiger partial charge in [-0.3, -0.25) is 4.79 Å². The number of rotatable bonds is 15. The summed E-state index contributed by atoms with van der Waals surface area (Å²) in [5.74, 6) is 1.16. The zero-order chi connectivity index (χ0) is 23.8. The minimum absolute atomic E-state index is 0.0101. The van der Waals surface area contributed by atoms with Crippen LogP contribution in [0, 0.1) is 0 Å². The summed E-state index contributed by atoms with van der Waals surface area (Å²) >= 11 is 0. The second kappa shape index (κ2) is 15.6. The van der Waals surface area contributed by atoms with Gasteiger partial charge in [0, 0.05) is 12.3 Å². The van der Waals surface area contributed by atoms with E-state index in [4.69, 9.17) is 9.47 Å². The predicted molar refractivity (Wildman–Crippen MR) is 140 cm³/mol. The van der Waals surface area contributed by atoms with Crippen LogP contribution in [-0.4, -0.2) is 12.1 Å². The lowest BCUT2D eigenvalue weighted by Gasteiger charge is -2.31. The monoisotopic (exact) mass is 464 g/mol. The number of unbranched alkanes of at least 4 members (excludes halogenated alkanes) is 8. The Morgan fingerprint density at radius 2 is 1.44 bits per heavy atom. The van der Waals surface area contributed by atoms with Crippen molar-refractivity contribution in [2.75, 3.05) is 0 Å². The zero-order valence-electron chi connectivity index (χ0n) is 21.2. The van der Waals surface area contributed by atoms with Crippen LogP contribution in [0.5, 0.6) is 5.75 Å². The van der Waals surface area contributed by atoms with Crippen LogP contribution in [0.1, 0.15) is 114 Å². The third-order valence-electron chi connectivity index (χ3n) is 7.03. The first-order valence-corrected chi connectivity index (χ1v) is 13.7. The van der Waals surface area contributed by atoms with Gasteiger partial charge in [-0.25, -0.2) is 0 Å². The van der Waals surface area contributed by atoms with Gasteiger partial charge in [-0.1, -0.05) is 107 Å². The van der Waals surface area contributed by atoms with E-state index < -0.39 is 0 Å². The van der Waals surface area contributed by atoms with E-state index in [1.807, 2.05) is 30.3 Å². The highest BCUT2D eigenvalue weighted by molar-refractivity contribution is 5.69. The lowest BCUT2D eigenvalue weighted by Crippen LogP contribution is -2.28. The van der Waals surface area contributed by atoms with Crippen molar-refractivity contribution in [2.24, 2.45) is 0 Å². The summed E-state index contributed by atoms with van der Waals surface area (Å²) in [6.45, 7) is 2.83. The third kappa shape index (κ3) is 9.52. The van der Waals surface area contributed by atoms with Gasteiger partial charge in [0.1, 0.15) is 18.5 Å². The second-order valence-corrected chi connectivity index (χ2v) is 9.84. The molecule has 0 N–H and O–H groups in total. The number of hydrogen-bond acceptors (Lipinski definition) is 3. The number of esters is 1. The van der Waals surface area contributed by atoms with Gasteiger partial charge in [0.05, 0.1) is 0 Å². The number of carbonyl (C=O) groups excluding carboxylic acids is 1. The molecule has 3 heteroatoms. The molecule has 34 heavy (non-hydrogen) atoms. The minimum atomic E-state index is -0.0114. The van der Waals surface area contributed by atoms with E-state index in [-0.39, 0.29) is 12.1 Å². The maximum Gasteiger partial charge on any atom is 0.306 e. The molecule has 0 saturated heterocycles. The standard InChI is InChI=1S/C31H44O3/c1-2-3-4-5-6-7-8-9-13-20-31(32)34-30-19-15-14-18-29(30)27-21-23-28(24-22-27)33-25-26-16-11-10-12-17-26/h10-12,16-17,21-24,29-30H,2-9,13-15,18-20,25H2,1H3/t29-,30+/m1/s1. The van der Waals surface area contributed by atoms with Crippen LogP contribution in [0.25, 0.3) is 0 Å². The second-order valence-electron chi connectivity index (χ2n) is 9.84. The maximum absolute atomic E-state index is 12.5. The van der Waals surface area contributed by atoms with Gasteiger partial charge in [0.2, 0.25) is 0 Å². The molecule has 0 spiro atoms. The first kappa shape index (κ1) is 26.3. The Balaban J connectivity index is 1.38. The van der Waals surface area contributed by atoms with E-state index in [0.717, 1.165) is 43.4 Å². The fourth-order valence-electron chi connectivity index (χ4n) is 4.98. The topological polar surface area (TPSA) is 35.5 Å². The first-order chi connectivity index (χ1) is 16.8. The van der Waals surface area contributed by atoms with Crippen molar-refractivity contribution < 1.29 is 14.3 Å². The third-order valence-corrected chi connectivity index (χ3v) is 7.03. The Hall–Kier alpha value is -2.29. The largest absolute Gasteiger partial charge is 0.489 e. The smallest absolute Gasteiger partial charge is 0.306 e. The molecule has 0 bridgehead atoms. The molecule has 0 aliphatic heterocycles. The van der Waals surface area contributed by atoms with Gasteiger partial charge < -0.3 is 9.47 Å². The van der Waals surface area contributed by atoms with E-state index in [9.17, 15) is 4.79 Å². The Morgan fingerprint density at radius 1 is 0.794 bits per heavy atom. The summed E-state index contributed by atoms with van der Waals surface area (Å²) in [4.78, 5) is 12.5. The molecule has 2 aromatic carbocycles. The van der Waals surface area contributed by atoms with Crippen molar-refractivity contribution in [1.29, 1.82) is 0 Å². The highest BCUT2D eigenvalue weighted by Gasteiger charge is 2.29. The van der Waals surface area contributed by atoms with Crippen LogP contribution in [0.15, 0.2) is 54.6 Å². The van der Waals surface area contributed by atoms with Crippen LogP contribution in [0.3, 0.4) is 0 Å². The molecule has 0 unspecified atom stereocenters. The Labute approximate surface area is 207 Å². The molecule has 0 radical (unpaired) electrons. The van der Waals surface area contributed by atoms with Crippen molar-refractivity contribution in [3.05, 3.63) is 65.7 Å². The summed E-state index contributed by atoms with van der Waals surface area (Å²) < 4.78 is 11.9. The summed E-state index contributed by atoms with van der Waals surface area (Å²) in [5, 5.41) is 0. The van der Waals surface area contributed by atoms with Gasteiger partial charge in [-0.2, -0.15) is 0 Å². The predicted octanol–water partition coefficient (Wildman–Crippen LogP) is 8.76. The van der Waals surface area contributed by atoms with Gasteiger partial charge in [-0.05, 0) is 48.9 Å². The van der Waals surface area contributed by atoms with E-state index in [2.05, 4.69) is 31.2 Å². The fourth-order valence-corrected chi connectivity index (χ4v) is 4.98. The first-order valence-electron chi connectivity index (χ1n) is 13.7. The van der Waals surface area contributed by atoms with Crippen LogP contribution < -0.4 is 4.74 Å². The van der Waals surface area contributed by atoms with Crippen molar-refractivity contribution in [1.82, 2.24) is 0 Å². The lowest BCUT2D eigenvalue weighted by molar-refractivity contribution is -0.151. The lowest BCUT2D eigenvalue weighted by atomic mass is 9.81. The normalized spacial score (nSPS) is 17.9. The molecule has 2 atom stereocenters. The summed E-state index contributed by atoms with van der Waals surface area (Å²) in [6.07, 6.45) is 16.3. The molecule has 2 aromatic rings. The number of carbonyl (C=O) groups is 1.